The van der Waals surface area contributed by atoms with E-state index in [1.54, 1.807) is 7.11 Å². The van der Waals surface area contributed by atoms with Crippen molar-refractivity contribution >= 4 is 56.1 Å². The van der Waals surface area contributed by atoms with Crippen molar-refractivity contribution in [3.63, 3.8) is 0 Å². The van der Waals surface area contributed by atoms with Crippen molar-refractivity contribution < 1.29 is 9.47 Å². The minimum Gasteiger partial charge on any atom is -0.493 e. The van der Waals surface area contributed by atoms with Gasteiger partial charge in [-0.25, -0.2) is 0 Å². The molecule has 0 spiro atoms. The second-order valence-corrected chi connectivity index (χ2v) is 13.7. The fourth-order valence-electron chi connectivity index (χ4n) is 6.75. The fraction of sp³-hybridized carbons (Fsp3) is 0.205. The van der Waals surface area contributed by atoms with Gasteiger partial charge >= 0.3 is 0 Å². The number of nitrogens with zero attached hydrogens (tertiary/aromatic N) is 2. The van der Waals surface area contributed by atoms with Crippen LogP contribution in [0.25, 0.3) is 0 Å². The maximum atomic E-state index is 6.22. The van der Waals surface area contributed by atoms with E-state index in [0.29, 0.717) is 24.2 Å². The van der Waals surface area contributed by atoms with E-state index in [1.807, 2.05) is 24.4 Å². The molecule has 0 amide bonds. The van der Waals surface area contributed by atoms with E-state index in [9.17, 15) is 0 Å². The summed E-state index contributed by atoms with van der Waals surface area (Å²) in [5.74, 6) is 2.14. The van der Waals surface area contributed by atoms with Crippen LogP contribution in [-0.2, 0) is 6.61 Å². The first-order valence-corrected chi connectivity index (χ1v) is 17.3. The first-order chi connectivity index (χ1) is 22.1. The van der Waals surface area contributed by atoms with Gasteiger partial charge in [0.05, 0.1) is 16.4 Å². The van der Waals surface area contributed by atoms with Gasteiger partial charge in [-0.2, -0.15) is 0 Å². The van der Waals surface area contributed by atoms with Crippen LogP contribution in [0.5, 0.6) is 11.5 Å². The van der Waals surface area contributed by atoms with Crippen LogP contribution in [0.4, 0.5) is 11.4 Å². The van der Waals surface area contributed by atoms with Crippen molar-refractivity contribution in [2.75, 3.05) is 25.1 Å². The molecule has 0 fully saturated rings. The van der Waals surface area contributed by atoms with E-state index in [2.05, 4.69) is 134 Å². The van der Waals surface area contributed by atoms with Crippen molar-refractivity contribution in [3.05, 3.63) is 151 Å². The highest BCUT2D eigenvalue weighted by molar-refractivity contribution is 14.1. The van der Waals surface area contributed by atoms with E-state index in [-0.39, 0.29) is 0 Å². The SMILES string of the molecule is COc1cc(C=Nc2cc3c4c(c2)[C@H](c2ccccc2)CCN4CC[C@H]3c2ccccc2)cc(I)c1OCc1ccc(Br)cc1. The lowest BCUT2D eigenvalue weighted by atomic mass is 9.76. The third-order valence-electron chi connectivity index (χ3n) is 8.91. The average molecular weight is 770 g/mol. The van der Waals surface area contributed by atoms with E-state index < -0.39 is 0 Å². The van der Waals surface area contributed by atoms with Gasteiger partial charge in [-0.1, -0.05) is 88.7 Å². The Morgan fingerprint density at radius 3 is 2.00 bits per heavy atom. The van der Waals surface area contributed by atoms with Crippen molar-refractivity contribution in [1.82, 2.24) is 0 Å². The number of halogens is 2. The summed E-state index contributed by atoms with van der Waals surface area (Å²) < 4.78 is 14.0. The minimum atomic E-state index is 0.351. The second-order valence-electron chi connectivity index (χ2n) is 11.7. The highest BCUT2D eigenvalue weighted by atomic mass is 127. The lowest BCUT2D eigenvalue weighted by Gasteiger charge is -2.43. The molecule has 0 N–H and O–H groups in total. The van der Waals surface area contributed by atoms with Crippen LogP contribution in [0.3, 0.4) is 0 Å². The van der Waals surface area contributed by atoms with E-state index in [0.717, 1.165) is 56.5 Å². The van der Waals surface area contributed by atoms with Gasteiger partial charge in [0.25, 0.3) is 0 Å². The molecule has 2 atom stereocenters. The molecule has 2 aliphatic heterocycles. The third kappa shape index (κ3) is 6.40. The number of anilines is 1. The summed E-state index contributed by atoms with van der Waals surface area (Å²) in [6, 6.07) is 38.8. The van der Waals surface area contributed by atoms with Gasteiger partial charge in [-0.3, -0.25) is 4.99 Å². The monoisotopic (exact) mass is 768 g/mol. The van der Waals surface area contributed by atoms with Crippen LogP contribution in [0.2, 0.25) is 0 Å². The first kappa shape index (κ1) is 30.1. The van der Waals surface area contributed by atoms with Crippen LogP contribution in [0, 0.1) is 3.57 Å². The van der Waals surface area contributed by atoms with E-state index in [1.165, 1.54) is 27.9 Å². The van der Waals surface area contributed by atoms with Gasteiger partial charge in [0.1, 0.15) is 6.61 Å². The van der Waals surface area contributed by atoms with Crippen LogP contribution >= 0.6 is 38.5 Å². The van der Waals surface area contributed by atoms with Crippen LogP contribution in [0.1, 0.15) is 58.1 Å². The molecule has 0 saturated carbocycles. The van der Waals surface area contributed by atoms with Crippen LogP contribution in [-0.4, -0.2) is 26.4 Å². The Morgan fingerprint density at radius 1 is 0.822 bits per heavy atom. The lowest BCUT2D eigenvalue weighted by Crippen LogP contribution is -2.37. The summed E-state index contributed by atoms with van der Waals surface area (Å²) in [5, 5.41) is 0. The van der Waals surface area contributed by atoms with Gasteiger partial charge in [-0.15, -0.1) is 0 Å². The molecule has 2 heterocycles. The molecule has 226 valence electrons. The Bertz CT molecular complexity index is 1750. The average Bonchev–Trinajstić information content (AvgIpc) is 3.08. The maximum Gasteiger partial charge on any atom is 0.174 e. The number of rotatable bonds is 8. The molecule has 0 bridgehead atoms. The zero-order chi connectivity index (χ0) is 30.8. The Kier molecular flexibility index (Phi) is 8.94. The summed E-state index contributed by atoms with van der Waals surface area (Å²) in [4.78, 5) is 7.71. The number of methoxy groups -OCH3 is 1. The highest BCUT2D eigenvalue weighted by Gasteiger charge is 2.35. The summed E-state index contributed by atoms with van der Waals surface area (Å²) in [5.41, 5.74) is 10.00. The number of ether oxygens (including phenoxy) is 2. The smallest absolute Gasteiger partial charge is 0.174 e. The van der Waals surface area contributed by atoms with Gasteiger partial charge in [0, 0.05) is 41.3 Å². The number of hydrogen-bond donors (Lipinski definition) is 0. The second kappa shape index (κ2) is 13.4. The molecule has 0 saturated heterocycles. The molecular formula is C39H34BrIN2O2. The van der Waals surface area contributed by atoms with E-state index in [4.69, 9.17) is 14.5 Å². The maximum absolute atomic E-state index is 6.22. The Labute approximate surface area is 287 Å². The molecule has 0 radical (unpaired) electrons. The topological polar surface area (TPSA) is 34.1 Å². The molecule has 5 aromatic carbocycles. The normalized spacial score (nSPS) is 17.3. The number of hydrogen-bond acceptors (Lipinski definition) is 4. The van der Waals surface area contributed by atoms with Crippen LogP contribution in [0.15, 0.2) is 119 Å². The largest absolute Gasteiger partial charge is 0.493 e. The zero-order valence-electron chi connectivity index (χ0n) is 25.1. The third-order valence-corrected chi connectivity index (χ3v) is 10.2. The number of benzene rings is 5. The Balaban J connectivity index is 1.25. The summed E-state index contributed by atoms with van der Waals surface area (Å²) in [7, 11) is 1.69. The van der Waals surface area contributed by atoms with Crippen molar-refractivity contribution in [2.45, 2.75) is 31.3 Å². The molecular weight excluding hydrogens is 735 g/mol. The lowest BCUT2D eigenvalue weighted by molar-refractivity contribution is 0.282. The summed E-state index contributed by atoms with van der Waals surface area (Å²) in [6.45, 7) is 2.63. The minimum absolute atomic E-state index is 0.351. The predicted octanol–water partition coefficient (Wildman–Crippen LogP) is 10.3. The fourth-order valence-corrected chi connectivity index (χ4v) is 7.80. The van der Waals surface area contributed by atoms with Crippen molar-refractivity contribution in [1.29, 1.82) is 0 Å². The number of aliphatic imine (C=N–C) groups is 1. The molecule has 6 heteroatoms. The molecule has 4 nitrogen and oxygen atoms in total. The standard InChI is InChI=1S/C39H34BrIN2O2/c1-44-37-21-27(20-36(41)39(37)45-25-26-12-14-30(40)15-13-26)24-42-31-22-34-32(28-8-4-2-5-9-28)16-18-43-19-17-33(35(23-31)38(34)43)29-10-6-3-7-11-29/h2-15,20-24,32-33H,16-19,25H2,1H3/t32-,33-/m0/s1. The van der Waals surface area contributed by atoms with Crippen LogP contribution < -0.4 is 14.4 Å². The quantitative estimate of drug-likeness (QED) is 0.116. The molecule has 0 unspecified atom stereocenters. The van der Waals surface area contributed by atoms with Gasteiger partial charge in [-0.05, 0) is 105 Å². The van der Waals surface area contributed by atoms with Crippen molar-refractivity contribution in [3.8, 4) is 11.5 Å². The Hall–Kier alpha value is -3.62. The molecule has 45 heavy (non-hydrogen) atoms. The van der Waals surface area contributed by atoms with E-state index >= 15 is 0 Å². The molecule has 5 aromatic rings. The van der Waals surface area contributed by atoms with Gasteiger partial charge < -0.3 is 14.4 Å². The van der Waals surface area contributed by atoms with Crippen molar-refractivity contribution in [2.24, 2.45) is 4.99 Å². The highest BCUT2D eigenvalue weighted by Crippen LogP contribution is 2.50. The summed E-state index contributed by atoms with van der Waals surface area (Å²) >= 11 is 5.82. The Morgan fingerprint density at radius 2 is 1.42 bits per heavy atom. The summed E-state index contributed by atoms with van der Waals surface area (Å²) in [6.07, 6.45) is 4.17. The molecule has 0 aliphatic carbocycles. The van der Waals surface area contributed by atoms with Gasteiger partial charge in [0.2, 0.25) is 0 Å². The first-order valence-electron chi connectivity index (χ1n) is 15.4. The zero-order valence-corrected chi connectivity index (χ0v) is 28.9. The molecule has 0 aromatic heterocycles. The van der Waals surface area contributed by atoms with Gasteiger partial charge in [0.15, 0.2) is 11.5 Å². The molecule has 2 aliphatic rings. The molecule has 7 rings (SSSR count). The predicted molar refractivity (Wildman–Crippen MR) is 196 cm³/mol.